The Morgan fingerprint density at radius 2 is 2.06 bits per heavy atom. The Kier molecular flexibility index (Phi) is 3.66. The van der Waals surface area contributed by atoms with Crippen molar-refractivity contribution in [1.82, 2.24) is 5.32 Å². The fraction of sp³-hybridized carbons (Fsp3) is 0.833. The lowest BCUT2D eigenvalue weighted by Gasteiger charge is -2.18. The average molecular weight is 241 g/mol. The Morgan fingerprint density at radius 3 is 2.59 bits per heavy atom. The largest absolute Gasteiger partial charge is 0.481 e. The Morgan fingerprint density at radius 1 is 1.29 bits per heavy atom. The monoisotopic (exact) mass is 241 g/mol. The van der Waals surface area contributed by atoms with E-state index >= 15 is 0 Å². The Balaban J connectivity index is 1.82. The number of amides is 1. The Hall–Kier alpha value is -1.10. The minimum absolute atomic E-state index is 0.0195. The van der Waals surface area contributed by atoms with Crippen LogP contribution in [0.4, 0.5) is 0 Å². The fourth-order valence-corrected chi connectivity index (χ4v) is 2.72. The zero-order valence-electron chi connectivity index (χ0n) is 10.0. The zero-order chi connectivity index (χ0) is 12.4. The second-order valence-electron chi connectivity index (χ2n) is 5.02. The van der Waals surface area contributed by atoms with E-state index in [1.807, 2.05) is 6.92 Å². The Labute approximate surface area is 101 Å². The third kappa shape index (κ3) is 2.77. The first-order valence-electron chi connectivity index (χ1n) is 6.22. The van der Waals surface area contributed by atoms with Crippen molar-refractivity contribution >= 4 is 11.9 Å². The van der Waals surface area contributed by atoms with Gasteiger partial charge in [0.15, 0.2) is 0 Å². The first kappa shape index (κ1) is 12.4. The number of carbonyl (C=O) groups excluding carboxylic acids is 1. The van der Waals surface area contributed by atoms with Crippen LogP contribution in [-0.4, -0.2) is 35.7 Å². The zero-order valence-corrected chi connectivity index (χ0v) is 10.0. The van der Waals surface area contributed by atoms with Crippen LogP contribution in [0.25, 0.3) is 0 Å². The normalized spacial score (nSPS) is 37.0. The van der Waals surface area contributed by atoms with Gasteiger partial charge in [-0.3, -0.25) is 9.59 Å². The van der Waals surface area contributed by atoms with E-state index in [1.54, 1.807) is 0 Å². The first-order chi connectivity index (χ1) is 8.08. The van der Waals surface area contributed by atoms with E-state index in [9.17, 15) is 9.59 Å². The SMILES string of the molecule is CC1OCCC1C(=O)N[C@H]1CC[C@@H](C(=O)O)C1. The van der Waals surface area contributed by atoms with Gasteiger partial charge in [-0.1, -0.05) is 0 Å². The molecule has 96 valence electrons. The molecule has 1 amide bonds. The van der Waals surface area contributed by atoms with Crippen LogP contribution in [0.2, 0.25) is 0 Å². The van der Waals surface area contributed by atoms with Gasteiger partial charge in [0.05, 0.1) is 17.9 Å². The number of nitrogens with one attached hydrogen (secondary N) is 1. The van der Waals surface area contributed by atoms with Crippen molar-refractivity contribution in [3.8, 4) is 0 Å². The lowest BCUT2D eigenvalue weighted by Crippen LogP contribution is -2.40. The topological polar surface area (TPSA) is 75.6 Å². The number of aliphatic carboxylic acids is 1. The first-order valence-corrected chi connectivity index (χ1v) is 6.22. The van der Waals surface area contributed by atoms with Gasteiger partial charge in [0.1, 0.15) is 0 Å². The highest BCUT2D eigenvalue weighted by molar-refractivity contribution is 5.80. The number of carboxylic acid groups (broad SMARTS) is 1. The fourth-order valence-electron chi connectivity index (χ4n) is 2.72. The van der Waals surface area contributed by atoms with Crippen molar-refractivity contribution in [2.24, 2.45) is 11.8 Å². The van der Waals surface area contributed by atoms with Crippen LogP contribution in [0.15, 0.2) is 0 Å². The minimum atomic E-state index is -0.751. The molecule has 1 saturated carbocycles. The number of rotatable bonds is 3. The lowest BCUT2D eigenvalue weighted by atomic mass is 10.0. The molecule has 1 heterocycles. The highest BCUT2D eigenvalue weighted by atomic mass is 16.5. The third-order valence-corrected chi connectivity index (χ3v) is 3.84. The molecule has 5 heteroatoms. The summed E-state index contributed by atoms with van der Waals surface area (Å²) in [4.78, 5) is 22.8. The van der Waals surface area contributed by atoms with Crippen molar-refractivity contribution in [1.29, 1.82) is 0 Å². The highest BCUT2D eigenvalue weighted by Crippen LogP contribution is 2.27. The predicted octanol–water partition coefficient (Wildman–Crippen LogP) is 0.781. The van der Waals surface area contributed by atoms with Crippen LogP contribution in [0.5, 0.6) is 0 Å². The second kappa shape index (κ2) is 5.04. The summed E-state index contributed by atoms with van der Waals surface area (Å²) in [6.45, 7) is 2.55. The molecule has 2 N–H and O–H groups in total. The second-order valence-corrected chi connectivity index (χ2v) is 5.02. The Bertz CT molecular complexity index is 318. The highest BCUT2D eigenvalue weighted by Gasteiger charge is 2.35. The van der Waals surface area contributed by atoms with E-state index in [2.05, 4.69) is 5.32 Å². The maximum atomic E-state index is 11.9. The summed E-state index contributed by atoms with van der Waals surface area (Å²) in [5.74, 6) is -1.10. The average Bonchev–Trinajstić information content (AvgIpc) is 2.86. The number of ether oxygens (including phenoxy) is 1. The molecule has 2 fully saturated rings. The summed E-state index contributed by atoms with van der Waals surface area (Å²) in [6, 6.07) is 0.0244. The van der Waals surface area contributed by atoms with Crippen LogP contribution in [-0.2, 0) is 14.3 Å². The predicted molar refractivity (Wildman–Crippen MR) is 60.4 cm³/mol. The molecule has 2 unspecified atom stereocenters. The van der Waals surface area contributed by atoms with E-state index in [-0.39, 0.29) is 29.9 Å². The summed E-state index contributed by atoms with van der Waals surface area (Å²) < 4.78 is 5.36. The van der Waals surface area contributed by atoms with Crippen LogP contribution in [0.1, 0.15) is 32.6 Å². The molecular weight excluding hydrogens is 222 g/mol. The van der Waals surface area contributed by atoms with E-state index in [4.69, 9.17) is 9.84 Å². The summed E-state index contributed by atoms with van der Waals surface area (Å²) in [5, 5.41) is 11.8. The molecule has 0 spiro atoms. The standard InChI is InChI=1S/C12H19NO4/c1-7-10(4-5-17-7)11(14)13-9-3-2-8(6-9)12(15)16/h7-10H,2-6H2,1H3,(H,13,14)(H,15,16)/t7?,8-,9+,10?/m1/s1. The molecule has 1 aliphatic heterocycles. The number of carbonyl (C=O) groups is 2. The number of carboxylic acids is 1. The van der Waals surface area contributed by atoms with E-state index in [0.29, 0.717) is 19.4 Å². The molecular formula is C12H19NO4. The van der Waals surface area contributed by atoms with Gasteiger partial charge in [-0.05, 0) is 32.6 Å². The maximum Gasteiger partial charge on any atom is 0.306 e. The van der Waals surface area contributed by atoms with Crippen molar-refractivity contribution in [3.63, 3.8) is 0 Å². The smallest absolute Gasteiger partial charge is 0.306 e. The number of hydrogen-bond acceptors (Lipinski definition) is 3. The van der Waals surface area contributed by atoms with Crippen molar-refractivity contribution in [3.05, 3.63) is 0 Å². The molecule has 0 aromatic rings. The molecule has 1 aliphatic carbocycles. The molecule has 2 rings (SSSR count). The van der Waals surface area contributed by atoms with Crippen LogP contribution >= 0.6 is 0 Å². The van der Waals surface area contributed by atoms with Gasteiger partial charge in [-0.15, -0.1) is 0 Å². The molecule has 4 atom stereocenters. The van der Waals surface area contributed by atoms with Gasteiger partial charge in [0.25, 0.3) is 0 Å². The van der Waals surface area contributed by atoms with E-state index in [1.165, 1.54) is 0 Å². The van der Waals surface area contributed by atoms with Gasteiger partial charge in [-0.25, -0.2) is 0 Å². The molecule has 17 heavy (non-hydrogen) atoms. The van der Waals surface area contributed by atoms with Crippen molar-refractivity contribution in [2.45, 2.75) is 44.8 Å². The van der Waals surface area contributed by atoms with Gasteiger partial charge < -0.3 is 15.2 Å². The maximum absolute atomic E-state index is 11.9. The third-order valence-electron chi connectivity index (χ3n) is 3.84. The van der Waals surface area contributed by atoms with Crippen molar-refractivity contribution in [2.75, 3.05) is 6.61 Å². The molecule has 0 radical (unpaired) electrons. The molecule has 2 aliphatic rings. The summed E-state index contributed by atoms with van der Waals surface area (Å²) >= 11 is 0. The van der Waals surface area contributed by atoms with Gasteiger partial charge >= 0.3 is 5.97 Å². The summed E-state index contributed by atoms with van der Waals surface area (Å²) in [6.07, 6.45) is 2.74. The molecule has 0 aromatic carbocycles. The minimum Gasteiger partial charge on any atom is -0.481 e. The number of hydrogen-bond donors (Lipinski definition) is 2. The molecule has 5 nitrogen and oxygen atoms in total. The molecule has 0 aromatic heterocycles. The van der Waals surface area contributed by atoms with Crippen molar-refractivity contribution < 1.29 is 19.4 Å². The van der Waals surface area contributed by atoms with Gasteiger partial charge in [-0.2, -0.15) is 0 Å². The van der Waals surface area contributed by atoms with Gasteiger partial charge in [0.2, 0.25) is 5.91 Å². The summed E-state index contributed by atoms with van der Waals surface area (Å²) in [5.41, 5.74) is 0. The molecule has 0 bridgehead atoms. The van der Waals surface area contributed by atoms with E-state index < -0.39 is 5.97 Å². The molecule has 1 saturated heterocycles. The summed E-state index contributed by atoms with van der Waals surface area (Å²) in [7, 11) is 0. The van der Waals surface area contributed by atoms with Crippen LogP contribution < -0.4 is 5.32 Å². The lowest BCUT2D eigenvalue weighted by molar-refractivity contribution is -0.141. The quantitative estimate of drug-likeness (QED) is 0.765. The van der Waals surface area contributed by atoms with E-state index in [0.717, 1.165) is 12.8 Å². The van der Waals surface area contributed by atoms with Gasteiger partial charge in [0, 0.05) is 12.6 Å². The van der Waals surface area contributed by atoms with Crippen LogP contribution in [0.3, 0.4) is 0 Å². The van der Waals surface area contributed by atoms with Crippen LogP contribution in [0, 0.1) is 11.8 Å².